The number of piperidine rings is 1. The Morgan fingerprint density at radius 1 is 1.32 bits per heavy atom. The Hall–Kier alpha value is -2.24. The number of ether oxygens (including phenoxy) is 3. The first kappa shape index (κ1) is 25.0. The molecule has 0 radical (unpaired) electrons. The van der Waals surface area contributed by atoms with Crippen LogP contribution in [0.25, 0.3) is 0 Å². The van der Waals surface area contributed by atoms with E-state index in [1.807, 2.05) is 30.0 Å². The van der Waals surface area contributed by atoms with Crippen LogP contribution in [-0.2, 0) is 30.4 Å². The number of alkyl halides is 3. The summed E-state index contributed by atoms with van der Waals surface area (Å²) < 4.78 is 49.0. The first-order chi connectivity index (χ1) is 14.6. The Morgan fingerprint density at radius 2 is 2.00 bits per heavy atom. The number of carbonyl (C=O) groups excluding carboxylic acids is 1. The second kappa shape index (κ2) is 11.4. The zero-order valence-electron chi connectivity index (χ0n) is 17.3. The van der Waals surface area contributed by atoms with E-state index in [1.165, 1.54) is 0 Å². The quantitative estimate of drug-likeness (QED) is 0.714. The molecule has 1 amide bonds. The molecule has 1 N–H and O–H groups in total. The number of rotatable bonds is 6. The van der Waals surface area contributed by atoms with Crippen molar-refractivity contribution in [3.63, 3.8) is 0 Å². The van der Waals surface area contributed by atoms with Crippen molar-refractivity contribution in [2.45, 2.75) is 50.7 Å². The molecule has 1 atom stereocenters. The molecule has 1 aromatic heterocycles. The Kier molecular flexibility index (Phi) is 9.20. The van der Waals surface area contributed by atoms with Gasteiger partial charge in [-0.15, -0.1) is 0 Å². The van der Waals surface area contributed by atoms with Gasteiger partial charge in [0.1, 0.15) is 6.61 Å². The van der Waals surface area contributed by atoms with Gasteiger partial charge in [0, 0.05) is 32.3 Å². The Balaban J connectivity index is 0.000000423. The Labute approximate surface area is 178 Å². The van der Waals surface area contributed by atoms with Gasteiger partial charge >= 0.3 is 12.1 Å². The number of carboxylic acid groups (broad SMARTS) is 1. The van der Waals surface area contributed by atoms with Gasteiger partial charge in [0.05, 0.1) is 30.6 Å². The van der Waals surface area contributed by atoms with Gasteiger partial charge < -0.3 is 24.2 Å². The van der Waals surface area contributed by atoms with Gasteiger partial charge in [0.25, 0.3) is 0 Å². The minimum absolute atomic E-state index is 0.0765. The minimum atomic E-state index is -5.08. The zero-order valence-corrected chi connectivity index (χ0v) is 17.3. The van der Waals surface area contributed by atoms with Gasteiger partial charge in [-0.25, -0.2) is 4.79 Å². The summed E-state index contributed by atoms with van der Waals surface area (Å²) in [4.78, 5) is 27.1. The molecule has 3 rings (SSSR count). The third-order valence-corrected chi connectivity index (χ3v) is 5.07. The molecule has 0 aliphatic carbocycles. The number of nitrogens with zero attached hydrogens (tertiary/aromatic N) is 2. The van der Waals surface area contributed by atoms with E-state index < -0.39 is 12.1 Å². The number of aliphatic carboxylic acids is 1. The van der Waals surface area contributed by atoms with Crippen LogP contribution in [0.4, 0.5) is 13.2 Å². The lowest BCUT2D eigenvalue weighted by molar-refractivity contribution is -0.192. The number of carbonyl (C=O) groups is 2. The van der Waals surface area contributed by atoms with Crippen molar-refractivity contribution in [2.24, 2.45) is 0 Å². The third kappa shape index (κ3) is 8.08. The van der Waals surface area contributed by atoms with Crippen molar-refractivity contribution in [1.82, 2.24) is 9.88 Å². The third-order valence-electron chi connectivity index (χ3n) is 5.07. The summed E-state index contributed by atoms with van der Waals surface area (Å²) in [5, 5.41) is 7.12. The average molecular weight is 448 g/mol. The van der Waals surface area contributed by atoms with E-state index in [2.05, 4.69) is 4.98 Å². The smallest absolute Gasteiger partial charge is 0.475 e. The number of carboxylic acids is 1. The van der Waals surface area contributed by atoms with E-state index in [-0.39, 0.29) is 24.2 Å². The summed E-state index contributed by atoms with van der Waals surface area (Å²) in [7, 11) is 0. The minimum Gasteiger partial charge on any atom is -0.475 e. The number of halogens is 3. The molecule has 174 valence electrons. The zero-order chi connectivity index (χ0) is 22.9. The van der Waals surface area contributed by atoms with Crippen LogP contribution in [0.15, 0.2) is 24.4 Å². The van der Waals surface area contributed by atoms with Crippen molar-refractivity contribution < 1.29 is 42.1 Å². The van der Waals surface area contributed by atoms with Gasteiger partial charge in [0.2, 0.25) is 5.91 Å². The molecule has 1 spiro atoms. The lowest BCUT2D eigenvalue weighted by atomic mass is 9.88. The summed E-state index contributed by atoms with van der Waals surface area (Å²) in [6.45, 7) is 5.26. The van der Waals surface area contributed by atoms with Gasteiger partial charge in [0.15, 0.2) is 0 Å². The molecule has 1 unspecified atom stereocenters. The number of aromatic nitrogens is 1. The first-order valence-corrected chi connectivity index (χ1v) is 9.96. The molecule has 1 aromatic rings. The fourth-order valence-electron chi connectivity index (χ4n) is 3.39. The number of amides is 1. The van der Waals surface area contributed by atoms with Crippen LogP contribution in [-0.4, -0.2) is 77.7 Å². The van der Waals surface area contributed by atoms with Crippen LogP contribution in [0, 0.1) is 0 Å². The standard InChI is InChI=1S/C18H26N2O4.C2HF3O2/c1-2-22-14-17(21)20-9-6-18(7-10-20)11-16(13-24-18)23-12-15-5-3-4-8-19-15;3-2(4,5)1(6)7/h3-5,8,16H,2,6-7,9-14H2,1H3;(H,6,7). The molecule has 2 aliphatic rings. The molecule has 0 aromatic carbocycles. The van der Waals surface area contributed by atoms with Crippen LogP contribution in [0.5, 0.6) is 0 Å². The highest BCUT2D eigenvalue weighted by Gasteiger charge is 2.43. The fraction of sp³-hybridized carbons (Fsp3) is 0.650. The topological polar surface area (TPSA) is 98.2 Å². The predicted molar refractivity (Wildman–Crippen MR) is 102 cm³/mol. The van der Waals surface area contributed by atoms with Gasteiger partial charge in [-0.2, -0.15) is 13.2 Å². The second-order valence-corrected chi connectivity index (χ2v) is 7.27. The monoisotopic (exact) mass is 448 g/mol. The molecule has 0 saturated carbocycles. The van der Waals surface area contributed by atoms with Gasteiger partial charge in [-0.05, 0) is 31.9 Å². The van der Waals surface area contributed by atoms with Gasteiger partial charge in [-0.1, -0.05) is 6.07 Å². The summed E-state index contributed by atoms with van der Waals surface area (Å²) in [6, 6.07) is 5.83. The van der Waals surface area contributed by atoms with E-state index in [9.17, 15) is 18.0 Å². The number of likely N-dealkylation sites (tertiary alicyclic amines) is 1. The highest BCUT2D eigenvalue weighted by Crippen LogP contribution is 2.37. The van der Waals surface area contributed by atoms with E-state index in [4.69, 9.17) is 24.1 Å². The number of hydrogen-bond acceptors (Lipinski definition) is 6. The molecule has 11 heteroatoms. The van der Waals surface area contributed by atoms with E-state index in [1.54, 1.807) is 6.20 Å². The van der Waals surface area contributed by atoms with Gasteiger partial charge in [-0.3, -0.25) is 9.78 Å². The maximum absolute atomic E-state index is 12.0. The number of pyridine rings is 1. The average Bonchev–Trinajstić information content (AvgIpc) is 3.14. The maximum atomic E-state index is 12.0. The van der Waals surface area contributed by atoms with Crippen molar-refractivity contribution >= 4 is 11.9 Å². The molecule has 3 heterocycles. The largest absolute Gasteiger partial charge is 0.490 e. The predicted octanol–water partition coefficient (Wildman–Crippen LogP) is 2.42. The summed E-state index contributed by atoms with van der Waals surface area (Å²) in [5.41, 5.74) is 0.812. The van der Waals surface area contributed by atoms with Crippen LogP contribution in [0.1, 0.15) is 31.9 Å². The summed E-state index contributed by atoms with van der Waals surface area (Å²) >= 11 is 0. The molecule has 31 heavy (non-hydrogen) atoms. The molecular weight excluding hydrogens is 421 g/mol. The van der Waals surface area contributed by atoms with Crippen molar-refractivity contribution in [3.8, 4) is 0 Å². The lowest BCUT2D eigenvalue weighted by Crippen LogP contribution is -2.47. The van der Waals surface area contributed by atoms with E-state index in [0.29, 0.717) is 19.8 Å². The molecule has 2 aliphatic heterocycles. The van der Waals surface area contributed by atoms with E-state index in [0.717, 1.165) is 38.0 Å². The highest BCUT2D eigenvalue weighted by molar-refractivity contribution is 5.77. The van der Waals surface area contributed by atoms with Crippen LogP contribution < -0.4 is 0 Å². The summed E-state index contributed by atoms with van der Waals surface area (Å²) in [6.07, 6.45) is -0.561. The molecule has 0 bridgehead atoms. The maximum Gasteiger partial charge on any atom is 0.490 e. The lowest BCUT2D eigenvalue weighted by Gasteiger charge is -2.38. The van der Waals surface area contributed by atoms with Crippen LogP contribution in [0.2, 0.25) is 0 Å². The SMILES string of the molecule is CCOCC(=O)N1CCC2(CC1)CC(OCc1ccccn1)CO2.O=C(O)C(F)(F)F. The first-order valence-electron chi connectivity index (χ1n) is 9.96. The summed E-state index contributed by atoms with van der Waals surface area (Å²) in [5.74, 6) is -2.68. The van der Waals surface area contributed by atoms with E-state index >= 15 is 0 Å². The number of hydrogen-bond donors (Lipinski definition) is 1. The van der Waals surface area contributed by atoms with Crippen molar-refractivity contribution in [2.75, 3.05) is 32.9 Å². The second-order valence-electron chi connectivity index (χ2n) is 7.27. The molecule has 8 nitrogen and oxygen atoms in total. The Morgan fingerprint density at radius 3 is 2.55 bits per heavy atom. The van der Waals surface area contributed by atoms with Crippen molar-refractivity contribution in [1.29, 1.82) is 0 Å². The normalized spacial score (nSPS) is 20.3. The van der Waals surface area contributed by atoms with Crippen LogP contribution >= 0.6 is 0 Å². The van der Waals surface area contributed by atoms with Crippen molar-refractivity contribution in [3.05, 3.63) is 30.1 Å². The molecule has 2 fully saturated rings. The highest BCUT2D eigenvalue weighted by atomic mass is 19.4. The fourth-order valence-corrected chi connectivity index (χ4v) is 3.39. The Bertz CT molecular complexity index is 709. The molecular formula is C20H27F3N2O6. The van der Waals surface area contributed by atoms with Crippen LogP contribution in [0.3, 0.4) is 0 Å². The molecule has 2 saturated heterocycles.